The van der Waals surface area contributed by atoms with E-state index in [1.54, 1.807) is 0 Å². The van der Waals surface area contributed by atoms with Crippen molar-refractivity contribution in [2.24, 2.45) is 0 Å². The molecule has 0 amide bonds. The Morgan fingerprint density at radius 3 is 2.68 bits per heavy atom. The smallest absolute Gasteiger partial charge is 0.275 e. The van der Waals surface area contributed by atoms with Crippen molar-refractivity contribution < 1.29 is 5.11 Å². The second kappa shape index (κ2) is 6.75. The van der Waals surface area contributed by atoms with Crippen LogP contribution in [0.4, 0.5) is 0 Å². The second-order valence-electron chi connectivity index (χ2n) is 5.71. The fourth-order valence-electron chi connectivity index (χ4n) is 2.24. The largest absolute Gasteiger partial charge is 0.506 e. The Hall–Kier alpha value is -2.14. The highest BCUT2D eigenvalue weighted by Gasteiger charge is 2.11. The van der Waals surface area contributed by atoms with Crippen LogP contribution < -0.4 is 10.9 Å². The van der Waals surface area contributed by atoms with Gasteiger partial charge in [0.15, 0.2) is 0 Å². The predicted molar refractivity (Wildman–Crippen MR) is 87.6 cm³/mol. The minimum Gasteiger partial charge on any atom is -0.506 e. The molecule has 1 aromatic carbocycles. The monoisotopic (exact) mass is 301 g/mol. The van der Waals surface area contributed by atoms with Crippen molar-refractivity contribution in [3.8, 4) is 11.4 Å². The Morgan fingerprint density at radius 1 is 1.32 bits per heavy atom. The van der Waals surface area contributed by atoms with Gasteiger partial charge in [-0.2, -0.15) is 9.78 Å². The van der Waals surface area contributed by atoms with Crippen LogP contribution in [0.3, 0.4) is 0 Å². The molecule has 0 bridgehead atoms. The van der Waals surface area contributed by atoms with Crippen LogP contribution in [0.15, 0.2) is 29.1 Å². The molecular formula is C17H23N3O2. The lowest BCUT2D eigenvalue weighted by Crippen LogP contribution is -2.28. The van der Waals surface area contributed by atoms with E-state index in [1.165, 1.54) is 10.7 Å². The molecule has 118 valence electrons. The highest BCUT2D eigenvalue weighted by atomic mass is 16.3. The average molecular weight is 301 g/mol. The average Bonchev–Trinajstić information content (AvgIpc) is 2.47. The predicted octanol–water partition coefficient (Wildman–Crippen LogP) is 2.44. The maximum absolute atomic E-state index is 12.1. The van der Waals surface area contributed by atoms with Crippen LogP contribution in [0.25, 0.3) is 5.69 Å². The van der Waals surface area contributed by atoms with E-state index in [9.17, 15) is 9.90 Å². The molecule has 0 saturated heterocycles. The summed E-state index contributed by atoms with van der Waals surface area (Å²) in [5.74, 6) is -0.0678. The maximum atomic E-state index is 12.1. The van der Waals surface area contributed by atoms with Crippen LogP contribution in [0.5, 0.6) is 5.75 Å². The van der Waals surface area contributed by atoms with E-state index in [-0.39, 0.29) is 11.3 Å². The number of nitrogens with one attached hydrogen (secondary N) is 1. The van der Waals surface area contributed by atoms with E-state index < -0.39 is 0 Å². The Labute approximate surface area is 130 Å². The quantitative estimate of drug-likeness (QED) is 0.890. The summed E-state index contributed by atoms with van der Waals surface area (Å²) >= 11 is 0. The zero-order valence-electron chi connectivity index (χ0n) is 13.6. The molecule has 0 fully saturated rings. The zero-order valence-corrected chi connectivity index (χ0v) is 13.6. The van der Waals surface area contributed by atoms with Crippen LogP contribution in [0, 0.1) is 13.8 Å². The summed E-state index contributed by atoms with van der Waals surface area (Å²) in [6.07, 6.45) is 0.984. The van der Waals surface area contributed by atoms with Gasteiger partial charge in [-0.3, -0.25) is 4.79 Å². The van der Waals surface area contributed by atoms with Gasteiger partial charge in [0.25, 0.3) is 5.56 Å². The van der Waals surface area contributed by atoms with E-state index in [0.717, 1.165) is 23.2 Å². The number of aromatic hydroxyl groups is 1. The van der Waals surface area contributed by atoms with Gasteiger partial charge in [-0.05, 0) is 38.8 Å². The standard InChI is InChI=1S/C17H23N3O2/c1-5-13(4)18-10-14-16(21)9-17(22)20(19-14)15-7-6-11(2)8-12(15)3/h6-9,13,18,21H,5,10H2,1-4H3. The number of hydrogen-bond acceptors (Lipinski definition) is 4. The highest BCUT2D eigenvalue weighted by molar-refractivity contribution is 5.42. The van der Waals surface area contributed by atoms with Crippen molar-refractivity contribution in [3.63, 3.8) is 0 Å². The summed E-state index contributed by atoms with van der Waals surface area (Å²) < 4.78 is 1.35. The van der Waals surface area contributed by atoms with Gasteiger partial charge in [0.05, 0.1) is 5.69 Å². The first-order valence-corrected chi connectivity index (χ1v) is 7.55. The molecule has 0 saturated carbocycles. The van der Waals surface area contributed by atoms with Crippen LogP contribution in [-0.4, -0.2) is 20.9 Å². The van der Waals surface area contributed by atoms with Gasteiger partial charge in [-0.1, -0.05) is 24.6 Å². The Kier molecular flexibility index (Phi) is 4.98. The number of nitrogens with zero attached hydrogens (tertiary/aromatic N) is 2. The number of hydrogen-bond donors (Lipinski definition) is 2. The third-order valence-electron chi connectivity index (χ3n) is 3.80. The molecule has 0 spiro atoms. The minimum atomic E-state index is -0.336. The van der Waals surface area contributed by atoms with E-state index in [2.05, 4.69) is 24.3 Å². The lowest BCUT2D eigenvalue weighted by atomic mass is 10.1. The summed E-state index contributed by atoms with van der Waals surface area (Å²) in [5, 5.41) is 17.5. The van der Waals surface area contributed by atoms with Gasteiger partial charge in [0.1, 0.15) is 11.4 Å². The van der Waals surface area contributed by atoms with E-state index >= 15 is 0 Å². The molecule has 2 rings (SSSR count). The first-order chi connectivity index (χ1) is 10.4. The molecular weight excluding hydrogens is 278 g/mol. The van der Waals surface area contributed by atoms with Gasteiger partial charge in [0.2, 0.25) is 0 Å². The van der Waals surface area contributed by atoms with Gasteiger partial charge in [0, 0.05) is 18.7 Å². The molecule has 22 heavy (non-hydrogen) atoms. The maximum Gasteiger partial charge on any atom is 0.275 e. The molecule has 5 nitrogen and oxygen atoms in total. The summed E-state index contributed by atoms with van der Waals surface area (Å²) in [6.45, 7) is 8.52. The topological polar surface area (TPSA) is 67.2 Å². The van der Waals surface area contributed by atoms with Gasteiger partial charge in [-0.25, -0.2) is 0 Å². The van der Waals surface area contributed by atoms with Gasteiger partial charge in [-0.15, -0.1) is 0 Å². The first-order valence-electron chi connectivity index (χ1n) is 7.55. The number of benzene rings is 1. The van der Waals surface area contributed by atoms with Crippen LogP contribution in [-0.2, 0) is 6.54 Å². The molecule has 1 heterocycles. The molecule has 1 unspecified atom stereocenters. The molecule has 5 heteroatoms. The Bertz CT molecular complexity index is 722. The fourth-order valence-corrected chi connectivity index (χ4v) is 2.24. The Balaban J connectivity index is 2.42. The highest BCUT2D eigenvalue weighted by Crippen LogP contribution is 2.16. The molecule has 0 aliphatic heterocycles. The third-order valence-corrected chi connectivity index (χ3v) is 3.80. The van der Waals surface area contributed by atoms with E-state index in [1.807, 2.05) is 32.0 Å². The zero-order chi connectivity index (χ0) is 16.3. The van der Waals surface area contributed by atoms with Crippen molar-refractivity contribution in [2.45, 2.75) is 46.7 Å². The van der Waals surface area contributed by atoms with Gasteiger partial charge >= 0.3 is 0 Å². The molecule has 0 aliphatic carbocycles. The molecule has 0 aliphatic rings. The van der Waals surface area contributed by atoms with Crippen molar-refractivity contribution in [1.82, 2.24) is 15.1 Å². The number of aryl methyl sites for hydroxylation is 2. The molecule has 2 aromatic rings. The number of rotatable bonds is 5. The van der Waals surface area contributed by atoms with E-state index in [4.69, 9.17) is 0 Å². The minimum absolute atomic E-state index is 0.0678. The summed E-state index contributed by atoms with van der Waals surface area (Å²) in [5.41, 5.74) is 2.98. The molecule has 1 atom stereocenters. The lowest BCUT2D eigenvalue weighted by Gasteiger charge is -2.14. The molecule has 0 radical (unpaired) electrons. The van der Waals surface area contributed by atoms with Gasteiger partial charge < -0.3 is 10.4 Å². The summed E-state index contributed by atoms with van der Waals surface area (Å²) in [7, 11) is 0. The van der Waals surface area contributed by atoms with Crippen LogP contribution >= 0.6 is 0 Å². The normalized spacial score (nSPS) is 12.4. The summed E-state index contributed by atoms with van der Waals surface area (Å²) in [4.78, 5) is 12.1. The molecule has 1 aromatic heterocycles. The van der Waals surface area contributed by atoms with Crippen LogP contribution in [0.1, 0.15) is 37.1 Å². The summed E-state index contributed by atoms with van der Waals surface area (Å²) in [6, 6.07) is 7.37. The molecule has 2 N–H and O–H groups in total. The second-order valence-corrected chi connectivity index (χ2v) is 5.71. The lowest BCUT2D eigenvalue weighted by molar-refractivity contribution is 0.443. The number of aromatic nitrogens is 2. The fraction of sp³-hybridized carbons (Fsp3) is 0.412. The Morgan fingerprint density at radius 2 is 2.05 bits per heavy atom. The first kappa shape index (κ1) is 16.2. The van der Waals surface area contributed by atoms with Crippen molar-refractivity contribution in [2.75, 3.05) is 0 Å². The van der Waals surface area contributed by atoms with E-state index in [0.29, 0.717) is 18.3 Å². The van der Waals surface area contributed by atoms with Crippen molar-refractivity contribution in [1.29, 1.82) is 0 Å². The van der Waals surface area contributed by atoms with Crippen molar-refractivity contribution >= 4 is 0 Å². The SMILES string of the molecule is CCC(C)NCc1nn(-c2ccc(C)cc2C)c(=O)cc1O. The van der Waals surface area contributed by atoms with Crippen molar-refractivity contribution in [3.05, 3.63) is 51.4 Å². The van der Waals surface area contributed by atoms with Crippen LogP contribution in [0.2, 0.25) is 0 Å². The third kappa shape index (κ3) is 3.54.